The van der Waals surface area contributed by atoms with Crippen molar-refractivity contribution < 1.29 is 14.0 Å². The van der Waals surface area contributed by atoms with E-state index in [1.165, 1.54) is 47.4 Å². The molecule has 0 unspecified atom stereocenters. The third-order valence-corrected chi connectivity index (χ3v) is 6.64. The molecule has 0 radical (unpaired) electrons. The number of thioether (sulfide) groups is 1. The lowest BCUT2D eigenvalue weighted by molar-refractivity contribution is -0.113. The maximum absolute atomic E-state index is 13.1. The van der Waals surface area contributed by atoms with Crippen LogP contribution >= 0.6 is 23.1 Å². The van der Waals surface area contributed by atoms with Crippen molar-refractivity contribution in [2.75, 3.05) is 11.1 Å². The van der Waals surface area contributed by atoms with Gasteiger partial charge in [-0.05, 0) is 31.2 Å². The summed E-state index contributed by atoms with van der Waals surface area (Å²) in [5.74, 6) is -0.299. The van der Waals surface area contributed by atoms with Crippen LogP contribution in [0.15, 0.2) is 65.1 Å². The molecule has 2 aromatic carbocycles. The summed E-state index contributed by atoms with van der Waals surface area (Å²) in [6.07, 6.45) is 0. The van der Waals surface area contributed by atoms with Crippen molar-refractivity contribution in [2.24, 2.45) is 7.05 Å². The number of aromatic nitrogens is 4. The van der Waals surface area contributed by atoms with Crippen LogP contribution < -0.4 is 10.6 Å². The molecule has 0 spiro atoms. The lowest BCUT2D eigenvalue weighted by Gasteiger charge is -2.13. The lowest BCUT2D eigenvalue weighted by atomic mass is 10.2. The molecule has 11 heteroatoms. The van der Waals surface area contributed by atoms with E-state index in [1.54, 1.807) is 18.5 Å². The molecule has 0 aliphatic heterocycles. The topological polar surface area (TPSA) is 102 Å². The van der Waals surface area contributed by atoms with E-state index in [4.69, 9.17) is 0 Å². The van der Waals surface area contributed by atoms with Crippen molar-refractivity contribution in [2.45, 2.75) is 18.1 Å². The molecular weight excluding hydrogens is 475 g/mol. The second-order valence-corrected chi connectivity index (χ2v) is 9.14. The monoisotopic (exact) mass is 496 g/mol. The molecule has 4 rings (SSSR count). The first-order valence-electron chi connectivity index (χ1n) is 10.3. The fraction of sp³-hybridized carbons (Fsp3) is 0.174. The standard InChI is InChI=1S/C23H21FN6O2S2/c1-14(25-21(32)16-8-10-17(24)11-9-16)20-28-29-23(30(20)2)34-13-19(31)27-22-26-18(12-33-22)15-6-4-3-5-7-15/h3-12,14H,13H2,1-2H3,(H,25,32)(H,26,27,31)/t14-/m0/s1. The van der Waals surface area contributed by atoms with E-state index >= 15 is 0 Å². The molecule has 4 aromatic rings. The summed E-state index contributed by atoms with van der Waals surface area (Å²) in [7, 11) is 1.77. The first-order valence-corrected chi connectivity index (χ1v) is 12.2. The van der Waals surface area contributed by atoms with Crippen molar-refractivity contribution in [3.05, 3.63) is 77.2 Å². The fourth-order valence-corrected chi connectivity index (χ4v) is 4.59. The number of carbonyl (C=O) groups excluding carboxylic acids is 2. The van der Waals surface area contributed by atoms with Gasteiger partial charge in [0.2, 0.25) is 5.91 Å². The Labute approximate surface area is 203 Å². The summed E-state index contributed by atoms with van der Waals surface area (Å²) in [4.78, 5) is 29.2. The van der Waals surface area contributed by atoms with E-state index < -0.39 is 11.9 Å². The highest BCUT2D eigenvalue weighted by atomic mass is 32.2. The second kappa shape index (κ2) is 10.6. The minimum absolute atomic E-state index is 0.128. The smallest absolute Gasteiger partial charge is 0.251 e. The molecule has 0 saturated heterocycles. The Hall–Kier alpha value is -3.57. The maximum Gasteiger partial charge on any atom is 0.251 e. The van der Waals surface area contributed by atoms with Gasteiger partial charge in [-0.2, -0.15) is 0 Å². The zero-order valence-electron chi connectivity index (χ0n) is 18.4. The summed E-state index contributed by atoms with van der Waals surface area (Å²) in [5, 5.41) is 16.9. The zero-order chi connectivity index (χ0) is 24.1. The molecule has 8 nitrogen and oxygen atoms in total. The summed E-state index contributed by atoms with van der Waals surface area (Å²) in [5.41, 5.74) is 2.14. The largest absolute Gasteiger partial charge is 0.342 e. The number of hydrogen-bond acceptors (Lipinski definition) is 7. The van der Waals surface area contributed by atoms with Crippen LogP contribution in [0, 0.1) is 5.82 Å². The molecule has 34 heavy (non-hydrogen) atoms. The van der Waals surface area contributed by atoms with E-state index in [0.29, 0.717) is 21.7 Å². The van der Waals surface area contributed by atoms with Gasteiger partial charge in [0, 0.05) is 23.6 Å². The number of carbonyl (C=O) groups is 2. The van der Waals surface area contributed by atoms with Gasteiger partial charge in [0.1, 0.15) is 5.82 Å². The van der Waals surface area contributed by atoms with Crippen molar-refractivity contribution in [3.8, 4) is 11.3 Å². The van der Waals surface area contributed by atoms with Crippen LogP contribution in [0.3, 0.4) is 0 Å². The number of amides is 2. The third kappa shape index (κ3) is 5.67. The molecule has 1 atom stereocenters. The van der Waals surface area contributed by atoms with Crippen molar-refractivity contribution in [1.29, 1.82) is 0 Å². The average Bonchev–Trinajstić information content (AvgIpc) is 3.45. The second-order valence-electron chi connectivity index (χ2n) is 7.34. The Morgan fingerprint density at radius 3 is 2.59 bits per heavy atom. The quantitative estimate of drug-likeness (QED) is 0.353. The number of hydrogen-bond donors (Lipinski definition) is 2. The van der Waals surface area contributed by atoms with Gasteiger partial charge >= 0.3 is 0 Å². The average molecular weight is 497 g/mol. The number of benzene rings is 2. The molecule has 2 aromatic heterocycles. The number of nitrogens with zero attached hydrogens (tertiary/aromatic N) is 4. The van der Waals surface area contributed by atoms with E-state index in [0.717, 1.165) is 11.3 Å². The molecule has 174 valence electrons. The predicted octanol–water partition coefficient (Wildman–Crippen LogP) is 4.30. The van der Waals surface area contributed by atoms with E-state index in [9.17, 15) is 14.0 Å². The van der Waals surface area contributed by atoms with Gasteiger partial charge in [0.15, 0.2) is 16.1 Å². The van der Waals surface area contributed by atoms with E-state index in [2.05, 4.69) is 25.8 Å². The molecule has 2 amide bonds. The Balaban J connectivity index is 1.31. The van der Waals surface area contributed by atoms with Crippen LogP contribution in [0.25, 0.3) is 11.3 Å². The Morgan fingerprint density at radius 1 is 1.12 bits per heavy atom. The van der Waals surface area contributed by atoms with Crippen LogP contribution in [-0.4, -0.2) is 37.3 Å². The summed E-state index contributed by atoms with van der Waals surface area (Å²) in [6.45, 7) is 1.78. The molecule has 0 aliphatic rings. The Morgan fingerprint density at radius 2 is 1.85 bits per heavy atom. The van der Waals surface area contributed by atoms with Gasteiger partial charge in [-0.3, -0.25) is 9.59 Å². The molecule has 2 heterocycles. The first-order chi connectivity index (χ1) is 16.4. The number of anilines is 1. The summed E-state index contributed by atoms with van der Waals surface area (Å²) >= 11 is 2.60. The fourth-order valence-electron chi connectivity index (χ4n) is 3.13. The molecule has 0 bridgehead atoms. The van der Waals surface area contributed by atoms with Gasteiger partial charge in [-0.15, -0.1) is 21.5 Å². The maximum atomic E-state index is 13.1. The van der Waals surface area contributed by atoms with Crippen LogP contribution in [0.1, 0.15) is 29.1 Å². The van der Waals surface area contributed by atoms with E-state index in [-0.39, 0.29) is 17.6 Å². The summed E-state index contributed by atoms with van der Waals surface area (Å²) < 4.78 is 14.8. The third-order valence-electron chi connectivity index (χ3n) is 4.86. The van der Waals surface area contributed by atoms with Gasteiger partial charge in [0.25, 0.3) is 5.91 Å². The highest BCUT2D eigenvalue weighted by Crippen LogP contribution is 2.25. The summed E-state index contributed by atoms with van der Waals surface area (Å²) in [6, 6.07) is 14.6. The van der Waals surface area contributed by atoms with Crippen molar-refractivity contribution in [3.63, 3.8) is 0 Å². The minimum atomic E-state index is -0.440. The SMILES string of the molecule is C[C@H](NC(=O)c1ccc(F)cc1)c1nnc(SCC(=O)Nc2nc(-c3ccccc3)cs2)n1C. The van der Waals surface area contributed by atoms with Crippen LogP contribution in [0.2, 0.25) is 0 Å². The molecule has 0 aliphatic carbocycles. The van der Waals surface area contributed by atoms with Gasteiger partial charge in [-0.25, -0.2) is 9.37 Å². The van der Waals surface area contributed by atoms with Gasteiger partial charge in [-0.1, -0.05) is 42.1 Å². The highest BCUT2D eigenvalue weighted by Gasteiger charge is 2.19. The number of rotatable bonds is 8. The van der Waals surface area contributed by atoms with Crippen LogP contribution in [-0.2, 0) is 11.8 Å². The van der Waals surface area contributed by atoms with Crippen molar-refractivity contribution >= 4 is 40.0 Å². The highest BCUT2D eigenvalue weighted by molar-refractivity contribution is 7.99. The van der Waals surface area contributed by atoms with Crippen LogP contribution in [0.5, 0.6) is 0 Å². The van der Waals surface area contributed by atoms with E-state index in [1.807, 2.05) is 35.7 Å². The lowest BCUT2D eigenvalue weighted by Crippen LogP contribution is -2.28. The molecule has 2 N–H and O–H groups in total. The first kappa shape index (κ1) is 23.6. The Kier molecular flexibility index (Phi) is 7.33. The molecule has 0 saturated carbocycles. The molecule has 0 fully saturated rings. The van der Waals surface area contributed by atoms with Crippen molar-refractivity contribution in [1.82, 2.24) is 25.1 Å². The Bertz CT molecular complexity index is 1290. The number of nitrogens with one attached hydrogen (secondary N) is 2. The minimum Gasteiger partial charge on any atom is -0.342 e. The molecular formula is C23H21FN6O2S2. The zero-order valence-corrected chi connectivity index (χ0v) is 20.0. The predicted molar refractivity (Wildman–Crippen MR) is 130 cm³/mol. The van der Waals surface area contributed by atoms with Gasteiger partial charge < -0.3 is 15.2 Å². The normalized spacial score (nSPS) is 11.7. The van der Waals surface area contributed by atoms with Gasteiger partial charge in [0.05, 0.1) is 17.5 Å². The number of halogens is 1. The number of thiazole rings is 1. The van der Waals surface area contributed by atoms with Crippen LogP contribution in [0.4, 0.5) is 9.52 Å².